The Balaban J connectivity index is 1.72. The van der Waals surface area contributed by atoms with Gasteiger partial charge in [-0.15, -0.1) is 0 Å². The van der Waals surface area contributed by atoms with Gasteiger partial charge in [0.1, 0.15) is 0 Å². The number of carbonyl (C=O) groups excluding carboxylic acids is 2. The second-order valence-electron chi connectivity index (χ2n) is 7.56. The molecule has 0 bridgehead atoms. The number of anilines is 1. The molecule has 1 aliphatic carbocycles. The van der Waals surface area contributed by atoms with Crippen LogP contribution in [0.3, 0.4) is 0 Å². The predicted molar refractivity (Wildman–Crippen MR) is 113 cm³/mol. The molecule has 1 aromatic heterocycles. The highest BCUT2D eigenvalue weighted by Gasteiger charge is 2.28. The van der Waals surface area contributed by atoms with Gasteiger partial charge in [-0.25, -0.2) is 9.78 Å². The second kappa shape index (κ2) is 9.98. The molecule has 1 amide bonds. The van der Waals surface area contributed by atoms with E-state index in [1.54, 1.807) is 6.92 Å². The SMILES string of the molecule is CCOC(=O)C(O)c1cnc(NC(=O)C(CC2CCCC2)c2ccc(C)cc2)s1. The van der Waals surface area contributed by atoms with Gasteiger partial charge in [0.05, 0.1) is 17.4 Å². The number of nitrogens with zero attached hydrogens (tertiary/aromatic N) is 1. The van der Waals surface area contributed by atoms with Crippen LogP contribution in [-0.2, 0) is 14.3 Å². The molecule has 6 nitrogen and oxygen atoms in total. The molecule has 1 saturated carbocycles. The Morgan fingerprint density at radius 3 is 2.62 bits per heavy atom. The van der Waals surface area contributed by atoms with Crippen molar-refractivity contribution >= 4 is 28.3 Å². The number of amides is 1. The molecule has 3 rings (SSSR count). The maximum absolute atomic E-state index is 13.1. The Kier molecular flexibility index (Phi) is 7.39. The number of nitrogens with one attached hydrogen (secondary N) is 1. The van der Waals surface area contributed by atoms with E-state index in [-0.39, 0.29) is 18.4 Å². The number of carbonyl (C=O) groups is 2. The molecule has 1 fully saturated rings. The Bertz CT molecular complexity index is 828. The minimum atomic E-state index is -1.38. The van der Waals surface area contributed by atoms with Crippen LogP contribution in [-0.4, -0.2) is 28.6 Å². The predicted octanol–water partition coefficient (Wildman–Crippen LogP) is 4.35. The lowest BCUT2D eigenvalue weighted by atomic mass is 9.87. The fourth-order valence-corrected chi connectivity index (χ4v) is 4.57. The summed E-state index contributed by atoms with van der Waals surface area (Å²) in [6.07, 6.45) is 5.64. The zero-order valence-corrected chi connectivity index (χ0v) is 17.7. The van der Waals surface area contributed by atoms with Crippen LogP contribution < -0.4 is 5.32 Å². The summed E-state index contributed by atoms with van der Waals surface area (Å²) in [7, 11) is 0. The first-order chi connectivity index (χ1) is 14.0. The van der Waals surface area contributed by atoms with Crippen LogP contribution in [0.2, 0.25) is 0 Å². The van der Waals surface area contributed by atoms with E-state index >= 15 is 0 Å². The van der Waals surface area contributed by atoms with Crippen molar-refractivity contribution in [3.63, 3.8) is 0 Å². The summed E-state index contributed by atoms with van der Waals surface area (Å²) in [5.74, 6) is -0.509. The van der Waals surface area contributed by atoms with E-state index in [9.17, 15) is 14.7 Å². The van der Waals surface area contributed by atoms with Crippen LogP contribution in [0.5, 0.6) is 0 Å². The van der Waals surface area contributed by atoms with Gasteiger partial charge in [0.15, 0.2) is 11.2 Å². The normalized spacial score (nSPS) is 16.4. The molecule has 2 unspecified atom stereocenters. The topological polar surface area (TPSA) is 88.5 Å². The van der Waals surface area contributed by atoms with Gasteiger partial charge >= 0.3 is 5.97 Å². The lowest BCUT2D eigenvalue weighted by Gasteiger charge is -2.20. The molecule has 7 heteroatoms. The molecule has 0 radical (unpaired) electrons. The van der Waals surface area contributed by atoms with E-state index in [4.69, 9.17) is 4.74 Å². The number of benzene rings is 1. The van der Waals surface area contributed by atoms with Crippen LogP contribution in [0.1, 0.15) is 67.1 Å². The zero-order chi connectivity index (χ0) is 20.8. The summed E-state index contributed by atoms with van der Waals surface area (Å²) < 4.78 is 4.83. The number of hydrogen-bond donors (Lipinski definition) is 2. The molecule has 0 spiro atoms. The van der Waals surface area contributed by atoms with Crippen molar-refractivity contribution < 1.29 is 19.4 Å². The van der Waals surface area contributed by atoms with Crippen molar-refractivity contribution in [1.82, 2.24) is 4.98 Å². The molecule has 2 N–H and O–H groups in total. The highest BCUT2D eigenvalue weighted by molar-refractivity contribution is 7.15. The van der Waals surface area contributed by atoms with Crippen LogP contribution in [0, 0.1) is 12.8 Å². The fraction of sp³-hybridized carbons (Fsp3) is 0.500. The average molecular weight is 417 g/mol. The quantitative estimate of drug-likeness (QED) is 0.625. The molecule has 0 saturated heterocycles. The molecule has 2 atom stereocenters. The summed E-state index contributed by atoms with van der Waals surface area (Å²) in [6, 6.07) is 8.10. The standard InChI is InChI=1S/C22H28N2O4S/c1-3-28-21(27)19(25)18-13-23-22(29-18)24-20(26)17(12-15-6-4-5-7-15)16-10-8-14(2)9-11-16/h8-11,13,15,17,19,25H,3-7,12H2,1-2H3,(H,23,24,26). The third-order valence-electron chi connectivity index (χ3n) is 5.37. The number of esters is 1. The fourth-order valence-electron chi connectivity index (χ4n) is 3.77. The van der Waals surface area contributed by atoms with Gasteiger partial charge in [-0.1, -0.05) is 66.8 Å². The molecule has 1 aromatic carbocycles. The van der Waals surface area contributed by atoms with E-state index in [0.717, 1.165) is 28.9 Å². The van der Waals surface area contributed by atoms with E-state index < -0.39 is 12.1 Å². The van der Waals surface area contributed by atoms with Gasteiger partial charge in [0, 0.05) is 6.20 Å². The number of hydrogen-bond acceptors (Lipinski definition) is 6. The summed E-state index contributed by atoms with van der Waals surface area (Å²) in [4.78, 5) is 29.3. The largest absolute Gasteiger partial charge is 0.464 e. The van der Waals surface area contributed by atoms with E-state index in [1.165, 1.54) is 31.9 Å². The monoisotopic (exact) mass is 416 g/mol. The van der Waals surface area contributed by atoms with E-state index in [1.807, 2.05) is 31.2 Å². The first-order valence-electron chi connectivity index (χ1n) is 10.2. The smallest absolute Gasteiger partial charge is 0.340 e. The summed E-state index contributed by atoms with van der Waals surface area (Å²) >= 11 is 1.09. The molecule has 1 heterocycles. The number of aryl methyl sites for hydroxylation is 1. The van der Waals surface area contributed by atoms with Gasteiger partial charge < -0.3 is 15.2 Å². The minimum absolute atomic E-state index is 0.104. The number of aliphatic hydroxyl groups is 1. The number of ether oxygens (including phenoxy) is 1. The number of aromatic nitrogens is 1. The minimum Gasteiger partial charge on any atom is -0.464 e. The average Bonchev–Trinajstić information content (AvgIpc) is 3.38. The van der Waals surface area contributed by atoms with Gasteiger partial charge in [-0.3, -0.25) is 4.79 Å². The van der Waals surface area contributed by atoms with Crippen molar-refractivity contribution in [3.8, 4) is 0 Å². The molecule has 156 valence electrons. The van der Waals surface area contributed by atoms with Gasteiger partial charge in [-0.2, -0.15) is 0 Å². The Morgan fingerprint density at radius 1 is 1.28 bits per heavy atom. The Labute approximate surface area is 175 Å². The molecule has 2 aromatic rings. The number of rotatable bonds is 8. The van der Waals surface area contributed by atoms with Crippen molar-refractivity contribution in [2.45, 2.75) is 58.0 Å². The Hall–Kier alpha value is -2.25. The Morgan fingerprint density at radius 2 is 1.97 bits per heavy atom. The van der Waals surface area contributed by atoms with Crippen molar-refractivity contribution in [2.24, 2.45) is 5.92 Å². The lowest BCUT2D eigenvalue weighted by Crippen LogP contribution is -2.23. The van der Waals surface area contributed by atoms with E-state index in [0.29, 0.717) is 15.9 Å². The highest BCUT2D eigenvalue weighted by atomic mass is 32.1. The maximum Gasteiger partial charge on any atom is 0.340 e. The maximum atomic E-state index is 13.1. The first kappa shape index (κ1) is 21.5. The third kappa shape index (κ3) is 5.64. The van der Waals surface area contributed by atoms with E-state index in [2.05, 4.69) is 10.3 Å². The van der Waals surface area contributed by atoms with Crippen LogP contribution >= 0.6 is 11.3 Å². The molecular weight excluding hydrogens is 388 g/mol. The first-order valence-corrected chi connectivity index (χ1v) is 11.0. The summed E-state index contributed by atoms with van der Waals surface area (Å²) in [6.45, 7) is 3.90. The zero-order valence-electron chi connectivity index (χ0n) is 16.9. The molecule has 0 aliphatic heterocycles. The molecular formula is C22H28N2O4S. The van der Waals surface area contributed by atoms with Crippen molar-refractivity contribution in [3.05, 3.63) is 46.5 Å². The number of thiazole rings is 1. The lowest BCUT2D eigenvalue weighted by molar-refractivity contribution is -0.153. The van der Waals surface area contributed by atoms with Crippen molar-refractivity contribution in [1.29, 1.82) is 0 Å². The van der Waals surface area contributed by atoms with Crippen LogP contribution in [0.4, 0.5) is 5.13 Å². The molecule has 1 aliphatic rings. The highest BCUT2D eigenvalue weighted by Crippen LogP contribution is 2.35. The molecule has 29 heavy (non-hydrogen) atoms. The van der Waals surface area contributed by atoms with Gasteiger partial charge in [0.2, 0.25) is 5.91 Å². The van der Waals surface area contributed by atoms with Crippen LogP contribution in [0.25, 0.3) is 0 Å². The second-order valence-corrected chi connectivity index (χ2v) is 8.62. The van der Waals surface area contributed by atoms with Crippen molar-refractivity contribution in [2.75, 3.05) is 11.9 Å². The number of aliphatic hydroxyl groups excluding tert-OH is 1. The van der Waals surface area contributed by atoms with Gasteiger partial charge in [-0.05, 0) is 31.7 Å². The van der Waals surface area contributed by atoms with Crippen LogP contribution in [0.15, 0.2) is 30.5 Å². The van der Waals surface area contributed by atoms with Gasteiger partial charge in [0.25, 0.3) is 0 Å². The summed E-state index contributed by atoms with van der Waals surface area (Å²) in [5, 5.41) is 13.3. The summed E-state index contributed by atoms with van der Waals surface area (Å²) in [5.41, 5.74) is 2.16. The third-order valence-corrected chi connectivity index (χ3v) is 6.34.